The van der Waals surface area contributed by atoms with E-state index >= 15 is 0 Å². The van der Waals surface area contributed by atoms with Gasteiger partial charge in [0, 0.05) is 13.3 Å². The first kappa shape index (κ1) is 24.6. The number of ether oxygens (including phenoxy) is 1. The summed E-state index contributed by atoms with van der Waals surface area (Å²) in [5.74, 6) is 4.59. The van der Waals surface area contributed by atoms with E-state index < -0.39 is 5.60 Å². The number of carbonyl (C=O) groups is 1. The lowest BCUT2D eigenvalue weighted by molar-refractivity contribution is -0.224. The topological polar surface area (TPSA) is 46.5 Å². The summed E-state index contributed by atoms with van der Waals surface area (Å²) in [6.07, 6.45) is 14.1. The van der Waals surface area contributed by atoms with Crippen LogP contribution in [0.4, 0.5) is 0 Å². The van der Waals surface area contributed by atoms with Crippen LogP contribution in [0.25, 0.3) is 0 Å². The van der Waals surface area contributed by atoms with Gasteiger partial charge in [-0.05, 0) is 97.7 Å². The largest absolute Gasteiger partial charge is 0.462 e. The molecule has 0 aliphatic heterocycles. The van der Waals surface area contributed by atoms with E-state index in [2.05, 4.69) is 34.6 Å². The van der Waals surface area contributed by atoms with Crippen molar-refractivity contribution in [3.05, 3.63) is 0 Å². The molecule has 4 fully saturated rings. The van der Waals surface area contributed by atoms with E-state index in [1.807, 2.05) is 0 Å². The molecule has 0 aromatic heterocycles. The summed E-state index contributed by atoms with van der Waals surface area (Å²) in [4.78, 5) is 11.5. The predicted octanol–water partition coefficient (Wildman–Crippen LogP) is 7.15. The van der Waals surface area contributed by atoms with Crippen LogP contribution in [0.15, 0.2) is 0 Å². The third-order valence-electron chi connectivity index (χ3n) is 11.3. The van der Waals surface area contributed by atoms with Gasteiger partial charge in [-0.15, -0.1) is 0 Å². The van der Waals surface area contributed by atoms with Crippen LogP contribution in [0.3, 0.4) is 0 Å². The number of hydrogen-bond acceptors (Lipinski definition) is 3. The van der Waals surface area contributed by atoms with E-state index in [9.17, 15) is 9.90 Å². The van der Waals surface area contributed by atoms with Crippen molar-refractivity contribution in [1.29, 1.82) is 0 Å². The number of hydrogen-bond donors (Lipinski definition) is 1. The second-order valence-corrected chi connectivity index (χ2v) is 13.4. The van der Waals surface area contributed by atoms with E-state index in [-0.39, 0.29) is 17.5 Å². The molecule has 3 nitrogen and oxygen atoms in total. The highest BCUT2D eigenvalue weighted by Gasteiger charge is 2.64. The smallest absolute Gasteiger partial charge is 0.302 e. The lowest BCUT2D eigenvalue weighted by atomic mass is 9.43. The summed E-state index contributed by atoms with van der Waals surface area (Å²) in [7, 11) is 0. The fraction of sp³-hybridized carbons (Fsp3) is 0.966. The second kappa shape index (κ2) is 8.90. The zero-order chi connectivity index (χ0) is 23.3. The summed E-state index contributed by atoms with van der Waals surface area (Å²) >= 11 is 0. The fourth-order valence-corrected chi connectivity index (χ4v) is 9.57. The molecule has 0 saturated heterocycles. The minimum Gasteiger partial charge on any atom is -0.462 e. The lowest BCUT2D eigenvalue weighted by Crippen LogP contribution is -2.63. The summed E-state index contributed by atoms with van der Waals surface area (Å²) in [5, 5.41) is 11.9. The zero-order valence-electron chi connectivity index (χ0n) is 21.8. The van der Waals surface area contributed by atoms with Crippen molar-refractivity contribution in [1.82, 2.24) is 0 Å². The standard InChI is InChI=1S/C29H50O3/c1-19(2)8-7-9-20(3)24-10-11-25-23-13-17-29(31)18-22(32-21(4)30)12-16-28(29,6)26(23)14-15-27(24,25)5/h19-20,22-26,31H,7-18H2,1-6H3. The number of fused-ring (bicyclic) bond motifs is 5. The molecular weight excluding hydrogens is 396 g/mol. The normalized spacial score (nSPS) is 46.8. The Morgan fingerprint density at radius 3 is 2.41 bits per heavy atom. The molecule has 4 saturated carbocycles. The van der Waals surface area contributed by atoms with Gasteiger partial charge in [0.1, 0.15) is 6.10 Å². The first-order valence-electron chi connectivity index (χ1n) is 13.9. The molecule has 9 atom stereocenters. The highest BCUT2D eigenvalue weighted by atomic mass is 16.5. The highest BCUT2D eigenvalue weighted by Crippen LogP contribution is 2.69. The molecule has 4 rings (SSSR count). The molecule has 4 aliphatic carbocycles. The lowest BCUT2D eigenvalue weighted by Gasteiger charge is -2.64. The first-order valence-corrected chi connectivity index (χ1v) is 13.9. The van der Waals surface area contributed by atoms with Gasteiger partial charge in [-0.2, -0.15) is 0 Å². The highest BCUT2D eigenvalue weighted by molar-refractivity contribution is 5.66. The molecular formula is C29H50O3. The van der Waals surface area contributed by atoms with Crippen LogP contribution in [-0.2, 0) is 9.53 Å². The molecule has 0 bridgehead atoms. The zero-order valence-corrected chi connectivity index (χ0v) is 21.8. The Morgan fingerprint density at radius 2 is 1.72 bits per heavy atom. The van der Waals surface area contributed by atoms with Crippen molar-refractivity contribution in [3.63, 3.8) is 0 Å². The van der Waals surface area contributed by atoms with Gasteiger partial charge in [0.25, 0.3) is 0 Å². The van der Waals surface area contributed by atoms with Gasteiger partial charge in [-0.3, -0.25) is 4.79 Å². The van der Waals surface area contributed by atoms with Crippen molar-refractivity contribution >= 4 is 5.97 Å². The molecule has 1 N–H and O–H groups in total. The van der Waals surface area contributed by atoms with Crippen molar-refractivity contribution in [2.24, 2.45) is 46.3 Å². The molecule has 0 radical (unpaired) electrons. The van der Waals surface area contributed by atoms with E-state index in [1.165, 1.54) is 51.9 Å². The quantitative estimate of drug-likeness (QED) is 0.440. The van der Waals surface area contributed by atoms with Crippen LogP contribution in [0, 0.1) is 46.3 Å². The number of rotatable bonds is 6. The third-order valence-corrected chi connectivity index (χ3v) is 11.3. The van der Waals surface area contributed by atoms with Gasteiger partial charge in [-0.25, -0.2) is 0 Å². The van der Waals surface area contributed by atoms with Crippen LogP contribution >= 0.6 is 0 Å². The summed E-state index contributed by atoms with van der Waals surface area (Å²) in [6, 6.07) is 0. The SMILES string of the molecule is CC(=O)OC1CCC2(C)C3CCC4(C)C(C(C)CCCC(C)C)CCC4C3CCC2(O)C1. The molecule has 0 spiro atoms. The predicted molar refractivity (Wildman–Crippen MR) is 130 cm³/mol. The Morgan fingerprint density at radius 1 is 0.969 bits per heavy atom. The van der Waals surface area contributed by atoms with Crippen LogP contribution in [0.5, 0.6) is 0 Å². The Bertz CT molecular complexity index is 688. The molecule has 0 aromatic rings. The van der Waals surface area contributed by atoms with Gasteiger partial charge in [0.15, 0.2) is 0 Å². The van der Waals surface area contributed by atoms with E-state index in [1.54, 1.807) is 0 Å². The van der Waals surface area contributed by atoms with E-state index in [0.717, 1.165) is 55.3 Å². The van der Waals surface area contributed by atoms with Crippen LogP contribution in [0.1, 0.15) is 119 Å². The van der Waals surface area contributed by atoms with Crippen molar-refractivity contribution in [2.75, 3.05) is 0 Å². The summed E-state index contributed by atoms with van der Waals surface area (Å²) in [5.41, 5.74) is -0.184. The van der Waals surface area contributed by atoms with Crippen molar-refractivity contribution < 1.29 is 14.6 Å². The van der Waals surface area contributed by atoms with Crippen molar-refractivity contribution in [2.45, 2.75) is 130 Å². The van der Waals surface area contributed by atoms with Crippen LogP contribution in [0.2, 0.25) is 0 Å². The monoisotopic (exact) mass is 446 g/mol. The number of carbonyl (C=O) groups excluding carboxylic acids is 1. The Hall–Kier alpha value is -0.570. The Labute approximate surface area is 197 Å². The molecule has 0 aromatic carbocycles. The molecule has 3 heteroatoms. The molecule has 4 aliphatic rings. The van der Waals surface area contributed by atoms with Gasteiger partial charge in [0.2, 0.25) is 0 Å². The molecule has 184 valence electrons. The van der Waals surface area contributed by atoms with Crippen LogP contribution in [-0.4, -0.2) is 22.8 Å². The van der Waals surface area contributed by atoms with Gasteiger partial charge in [0.05, 0.1) is 5.60 Å². The van der Waals surface area contributed by atoms with E-state index in [4.69, 9.17) is 4.74 Å². The van der Waals surface area contributed by atoms with Crippen molar-refractivity contribution in [3.8, 4) is 0 Å². The second-order valence-electron chi connectivity index (χ2n) is 13.4. The maximum absolute atomic E-state index is 11.9. The van der Waals surface area contributed by atoms with E-state index in [0.29, 0.717) is 17.8 Å². The number of esters is 1. The fourth-order valence-electron chi connectivity index (χ4n) is 9.57. The maximum atomic E-state index is 11.9. The first-order chi connectivity index (χ1) is 15.0. The maximum Gasteiger partial charge on any atom is 0.302 e. The average molecular weight is 447 g/mol. The van der Waals surface area contributed by atoms with Crippen LogP contribution < -0.4 is 0 Å². The number of aliphatic hydroxyl groups is 1. The van der Waals surface area contributed by atoms with Gasteiger partial charge < -0.3 is 9.84 Å². The van der Waals surface area contributed by atoms with Gasteiger partial charge in [-0.1, -0.05) is 53.9 Å². The average Bonchev–Trinajstić information content (AvgIpc) is 3.05. The molecule has 0 amide bonds. The third kappa shape index (κ3) is 4.07. The summed E-state index contributed by atoms with van der Waals surface area (Å²) < 4.78 is 5.56. The van der Waals surface area contributed by atoms with Gasteiger partial charge >= 0.3 is 5.97 Å². The Balaban J connectivity index is 1.47. The molecule has 0 heterocycles. The molecule has 9 unspecified atom stereocenters. The minimum atomic E-state index is -0.664. The molecule has 32 heavy (non-hydrogen) atoms. The minimum absolute atomic E-state index is 0.0190. The summed E-state index contributed by atoms with van der Waals surface area (Å²) in [6.45, 7) is 13.8. The Kier molecular flexibility index (Phi) is 6.83.